The highest BCUT2D eigenvalue weighted by atomic mass is 16.4. The van der Waals surface area contributed by atoms with Crippen LogP contribution in [0.2, 0.25) is 0 Å². The number of hydrogen-bond acceptors (Lipinski definition) is 3. The molecular weight excluding hydrogens is 232 g/mol. The van der Waals surface area contributed by atoms with Gasteiger partial charge in [0.15, 0.2) is 0 Å². The number of aryl methyl sites for hydroxylation is 2. The Morgan fingerprint density at radius 3 is 2.67 bits per heavy atom. The fraction of sp³-hybridized carbons (Fsp3) is 0.385. The Morgan fingerprint density at radius 1 is 1.44 bits per heavy atom. The molecule has 4 N–H and O–H groups in total. The third-order valence-electron chi connectivity index (χ3n) is 2.72. The summed E-state index contributed by atoms with van der Waals surface area (Å²) in [5, 5.41) is 11.3. The van der Waals surface area contributed by atoms with Crippen molar-refractivity contribution >= 4 is 17.6 Å². The number of carbonyl (C=O) groups is 2. The van der Waals surface area contributed by atoms with Gasteiger partial charge < -0.3 is 16.2 Å². The van der Waals surface area contributed by atoms with E-state index in [0.717, 1.165) is 23.2 Å². The number of hydrogen-bond donors (Lipinski definition) is 3. The average Bonchev–Trinajstić information content (AvgIpc) is 2.30. The van der Waals surface area contributed by atoms with E-state index in [1.165, 1.54) is 0 Å². The third kappa shape index (κ3) is 3.56. The van der Waals surface area contributed by atoms with E-state index in [2.05, 4.69) is 5.32 Å². The van der Waals surface area contributed by atoms with Crippen molar-refractivity contribution in [3.63, 3.8) is 0 Å². The van der Waals surface area contributed by atoms with Gasteiger partial charge in [0.05, 0.1) is 12.5 Å². The molecule has 0 saturated carbocycles. The minimum absolute atomic E-state index is 0.376. The molecule has 0 spiro atoms. The zero-order valence-corrected chi connectivity index (χ0v) is 10.6. The van der Waals surface area contributed by atoms with E-state index in [-0.39, 0.29) is 6.42 Å². The molecule has 1 unspecified atom stereocenters. The van der Waals surface area contributed by atoms with Gasteiger partial charge in [0, 0.05) is 5.69 Å². The summed E-state index contributed by atoms with van der Waals surface area (Å²) in [6.45, 7) is 3.87. The highest BCUT2D eigenvalue weighted by molar-refractivity contribution is 5.97. The number of aliphatic carboxylic acids is 1. The molecule has 1 rings (SSSR count). The molecule has 0 bridgehead atoms. The lowest BCUT2D eigenvalue weighted by Crippen LogP contribution is -2.37. The zero-order valence-electron chi connectivity index (χ0n) is 10.6. The van der Waals surface area contributed by atoms with Crippen LogP contribution in [0.5, 0.6) is 0 Å². The molecule has 0 saturated heterocycles. The largest absolute Gasteiger partial charge is 0.481 e. The molecule has 18 heavy (non-hydrogen) atoms. The van der Waals surface area contributed by atoms with Crippen LogP contribution in [0.4, 0.5) is 5.69 Å². The van der Waals surface area contributed by atoms with Crippen molar-refractivity contribution in [2.75, 3.05) is 5.32 Å². The number of benzene rings is 1. The second-order valence-corrected chi connectivity index (χ2v) is 4.16. The van der Waals surface area contributed by atoms with Crippen LogP contribution in [-0.2, 0) is 16.0 Å². The number of nitrogens with two attached hydrogens (primary N) is 1. The number of amides is 1. The molecule has 5 heteroatoms. The number of anilines is 1. The predicted molar refractivity (Wildman–Crippen MR) is 69.4 cm³/mol. The minimum Gasteiger partial charge on any atom is -0.481 e. The minimum atomic E-state index is -1.09. The van der Waals surface area contributed by atoms with Crippen LogP contribution in [0.15, 0.2) is 18.2 Å². The molecule has 0 aliphatic carbocycles. The Balaban J connectivity index is 2.84. The molecule has 5 nitrogen and oxygen atoms in total. The van der Waals surface area contributed by atoms with E-state index < -0.39 is 17.9 Å². The maximum Gasteiger partial charge on any atom is 0.305 e. The molecule has 0 aromatic heterocycles. The highest BCUT2D eigenvalue weighted by Gasteiger charge is 2.18. The lowest BCUT2D eigenvalue weighted by molar-refractivity contribution is -0.138. The summed E-state index contributed by atoms with van der Waals surface area (Å²) in [4.78, 5) is 22.3. The number of para-hydroxylation sites is 1. The van der Waals surface area contributed by atoms with Crippen LogP contribution in [0.3, 0.4) is 0 Å². The second-order valence-electron chi connectivity index (χ2n) is 4.16. The van der Waals surface area contributed by atoms with Crippen LogP contribution in [0, 0.1) is 6.92 Å². The summed E-state index contributed by atoms with van der Waals surface area (Å²) < 4.78 is 0. The summed E-state index contributed by atoms with van der Waals surface area (Å²) >= 11 is 0. The Morgan fingerprint density at radius 2 is 2.11 bits per heavy atom. The van der Waals surface area contributed by atoms with E-state index in [1.807, 2.05) is 32.0 Å². The van der Waals surface area contributed by atoms with Crippen LogP contribution >= 0.6 is 0 Å². The summed E-state index contributed by atoms with van der Waals surface area (Å²) in [5.41, 5.74) is 8.18. The molecule has 0 fully saturated rings. The Kier molecular flexibility index (Phi) is 4.85. The van der Waals surface area contributed by atoms with Gasteiger partial charge >= 0.3 is 5.97 Å². The Bertz CT molecular complexity index is 458. The molecule has 1 aromatic rings. The Hall–Kier alpha value is -1.88. The van der Waals surface area contributed by atoms with Crippen molar-refractivity contribution in [2.45, 2.75) is 32.7 Å². The van der Waals surface area contributed by atoms with E-state index in [9.17, 15) is 9.59 Å². The number of carbonyl (C=O) groups excluding carboxylic acids is 1. The SMILES string of the molecule is CCc1cccc(C)c1NC(=O)C(N)CC(=O)O. The van der Waals surface area contributed by atoms with Gasteiger partial charge in [-0.1, -0.05) is 25.1 Å². The molecule has 1 aromatic carbocycles. The van der Waals surface area contributed by atoms with Crippen molar-refractivity contribution in [2.24, 2.45) is 5.73 Å². The van der Waals surface area contributed by atoms with Crippen LogP contribution in [0.1, 0.15) is 24.5 Å². The third-order valence-corrected chi connectivity index (χ3v) is 2.72. The van der Waals surface area contributed by atoms with Crippen molar-refractivity contribution in [3.05, 3.63) is 29.3 Å². The molecule has 1 atom stereocenters. The first-order chi connectivity index (χ1) is 8.45. The number of rotatable bonds is 5. The fourth-order valence-corrected chi connectivity index (χ4v) is 1.70. The number of nitrogens with one attached hydrogen (secondary N) is 1. The van der Waals surface area contributed by atoms with Crippen LogP contribution < -0.4 is 11.1 Å². The monoisotopic (exact) mass is 250 g/mol. The molecule has 1 amide bonds. The normalized spacial score (nSPS) is 11.9. The van der Waals surface area contributed by atoms with Gasteiger partial charge in [-0.25, -0.2) is 0 Å². The predicted octanol–water partition coefficient (Wildman–Crippen LogP) is 1.30. The molecule has 0 radical (unpaired) electrons. The summed E-state index contributed by atoms with van der Waals surface area (Å²) in [7, 11) is 0. The highest BCUT2D eigenvalue weighted by Crippen LogP contribution is 2.21. The van der Waals surface area contributed by atoms with Gasteiger partial charge in [-0.15, -0.1) is 0 Å². The van der Waals surface area contributed by atoms with Crippen LogP contribution in [-0.4, -0.2) is 23.0 Å². The van der Waals surface area contributed by atoms with Gasteiger partial charge in [0.2, 0.25) is 5.91 Å². The second kappa shape index (κ2) is 6.16. The van der Waals surface area contributed by atoms with E-state index in [0.29, 0.717) is 0 Å². The first-order valence-electron chi connectivity index (χ1n) is 5.82. The molecule has 0 aliphatic rings. The number of carboxylic acid groups (broad SMARTS) is 1. The molecule has 0 heterocycles. The van der Waals surface area contributed by atoms with Gasteiger partial charge in [-0.3, -0.25) is 9.59 Å². The quantitative estimate of drug-likeness (QED) is 0.734. The summed E-state index contributed by atoms with van der Waals surface area (Å²) in [5.74, 6) is -1.56. The zero-order chi connectivity index (χ0) is 13.7. The van der Waals surface area contributed by atoms with Crippen molar-refractivity contribution in [3.8, 4) is 0 Å². The molecule has 98 valence electrons. The van der Waals surface area contributed by atoms with E-state index in [4.69, 9.17) is 10.8 Å². The van der Waals surface area contributed by atoms with Crippen molar-refractivity contribution in [1.29, 1.82) is 0 Å². The van der Waals surface area contributed by atoms with Crippen molar-refractivity contribution in [1.82, 2.24) is 0 Å². The van der Waals surface area contributed by atoms with Gasteiger partial charge in [-0.05, 0) is 24.5 Å². The summed E-state index contributed by atoms with van der Waals surface area (Å²) in [6, 6.07) is 4.69. The first kappa shape index (κ1) is 14.2. The maximum atomic E-state index is 11.8. The first-order valence-corrected chi connectivity index (χ1v) is 5.82. The number of carboxylic acids is 1. The lowest BCUT2D eigenvalue weighted by atomic mass is 10.1. The van der Waals surface area contributed by atoms with Gasteiger partial charge in [-0.2, -0.15) is 0 Å². The lowest BCUT2D eigenvalue weighted by Gasteiger charge is -2.15. The van der Waals surface area contributed by atoms with E-state index in [1.54, 1.807) is 0 Å². The maximum absolute atomic E-state index is 11.8. The van der Waals surface area contributed by atoms with Crippen LogP contribution in [0.25, 0.3) is 0 Å². The molecular formula is C13H18N2O3. The average molecular weight is 250 g/mol. The van der Waals surface area contributed by atoms with Gasteiger partial charge in [0.1, 0.15) is 0 Å². The van der Waals surface area contributed by atoms with Gasteiger partial charge in [0.25, 0.3) is 0 Å². The molecule has 0 aliphatic heterocycles. The standard InChI is InChI=1S/C13H18N2O3/c1-3-9-6-4-5-8(2)12(9)15-13(18)10(14)7-11(16)17/h4-6,10H,3,7,14H2,1-2H3,(H,15,18)(H,16,17). The summed E-state index contributed by atoms with van der Waals surface area (Å²) in [6.07, 6.45) is 0.407. The van der Waals surface area contributed by atoms with Crippen molar-refractivity contribution < 1.29 is 14.7 Å². The van der Waals surface area contributed by atoms with E-state index >= 15 is 0 Å². The fourth-order valence-electron chi connectivity index (χ4n) is 1.70. The smallest absolute Gasteiger partial charge is 0.305 e. The Labute approximate surface area is 106 Å². The topological polar surface area (TPSA) is 92.4 Å².